The second-order valence-corrected chi connectivity index (χ2v) is 7.89. The van der Waals surface area contributed by atoms with Gasteiger partial charge < -0.3 is 20.3 Å². The van der Waals surface area contributed by atoms with Crippen LogP contribution < -0.4 is 20.3 Å². The largest absolute Gasteiger partial charge is 0.473 e. The first kappa shape index (κ1) is 21.6. The van der Waals surface area contributed by atoms with Crippen LogP contribution in [0.15, 0.2) is 42.5 Å². The SMILES string of the molecule is CCN(CC)c1ccc(NC(=O)NCOc2ccc(C)cc2C(C)(C)C)cc1. The van der Waals surface area contributed by atoms with E-state index in [1.54, 1.807) is 0 Å². The van der Waals surface area contributed by atoms with Crippen molar-refractivity contribution in [1.82, 2.24) is 5.32 Å². The van der Waals surface area contributed by atoms with Crippen molar-refractivity contribution in [2.24, 2.45) is 0 Å². The summed E-state index contributed by atoms with van der Waals surface area (Å²) in [5.74, 6) is 0.793. The maximum absolute atomic E-state index is 12.2. The fourth-order valence-corrected chi connectivity index (χ4v) is 3.05. The van der Waals surface area contributed by atoms with Gasteiger partial charge in [-0.25, -0.2) is 4.79 Å². The minimum Gasteiger partial charge on any atom is -0.473 e. The highest BCUT2D eigenvalue weighted by molar-refractivity contribution is 5.89. The Kier molecular flexibility index (Phi) is 7.32. The summed E-state index contributed by atoms with van der Waals surface area (Å²) < 4.78 is 5.83. The quantitative estimate of drug-likeness (QED) is 0.638. The van der Waals surface area contributed by atoms with Gasteiger partial charge in [-0.2, -0.15) is 0 Å². The van der Waals surface area contributed by atoms with E-state index in [-0.39, 0.29) is 18.2 Å². The zero-order valence-corrected chi connectivity index (χ0v) is 17.9. The van der Waals surface area contributed by atoms with Gasteiger partial charge in [0.05, 0.1) is 0 Å². The zero-order valence-electron chi connectivity index (χ0n) is 17.9. The van der Waals surface area contributed by atoms with Gasteiger partial charge in [0.2, 0.25) is 0 Å². The van der Waals surface area contributed by atoms with Crippen molar-refractivity contribution in [3.05, 3.63) is 53.6 Å². The number of rotatable bonds is 7. The first-order chi connectivity index (χ1) is 13.2. The molecule has 0 aliphatic heterocycles. The van der Waals surface area contributed by atoms with Crippen molar-refractivity contribution >= 4 is 17.4 Å². The molecule has 0 spiro atoms. The molecule has 2 aromatic carbocycles. The molecule has 0 saturated carbocycles. The van der Waals surface area contributed by atoms with Crippen LogP contribution in [0.4, 0.5) is 16.2 Å². The third kappa shape index (κ3) is 5.91. The Morgan fingerprint density at radius 2 is 1.68 bits per heavy atom. The highest BCUT2D eigenvalue weighted by Crippen LogP contribution is 2.32. The Balaban J connectivity index is 1.90. The molecule has 2 N–H and O–H groups in total. The van der Waals surface area contributed by atoms with E-state index in [1.807, 2.05) is 36.4 Å². The number of anilines is 2. The van der Waals surface area contributed by atoms with Crippen molar-refractivity contribution in [3.63, 3.8) is 0 Å². The summed E-state index contributed by atoms with van der Waals surface area (Å²) >= 11 is 0. The fraction of sp³-hybridized carbons (Fsp3) is 0.435. The van der Waals surface area contributed by atoms with E-state index in [4.69, 9.17) is 4.74 Å². The molecule has 0 fully saturated rings. The van der Waals surface area contributed by atoms with Crippen LogP contribution >= 0.6 is 0 Å². The summed E-state index contributed by atoms with van der Waals surface area (Å²) in [5, 5.41) is 5.59. The molecule has 0 heterocycles. The number of amides is 2. The standard InChI is InChI=1S/C23H33N3O2/c1-7-26(8-2)19-12-10-18(11-13-19)25-22(27)24-16-28-21-14-9-17(3)15-20(21)23(4,5)6/h9-15H,7-8,16H2,1-6H3,(H2,24,25,27). The zero-order chi connectivity index (χ0) is 20.7. The number of aryl methyl sites for hydroxylation is 1. The molecule has 2 amide bonds. The Labute approximate surface area is 169 Å². The van der Waals surface area contributed by atoms with E-state index in [0.29, 0.717) is 0 Å². The second kappa shape index (κ2) is 9.49. The Morgan fingerprint density at radius 3 is 2.25 bits per heavy atom. The van der Waals surface area contributed by atoms with Crippen LogP contribution in [-0.4, -0.2) is 25.9 Å². The van der Waals surface area contributed by atoms with E-state index < -0.39 is 0 Å². The normalized spacial score (nSPS) is 11.1. The van der Waals surface area contributed by atoms with Crippen molar-refractivity contribution < 1.29 is 9.53 Å². The van der Waals surface area contributed by atoms with E-state index >= 15 is 0 Å². The third-order valence-corrected chi connectivity index (χ3v) is 4.66. The summed E-state index contributed by atoms with van der Waals surface area (Å²) in [7, 11) is 0. The average molecular weight is 384 g/mol. The van der Waals surface area contributed by atoms with Gasteiger partial charge in [0.15, 0.2) is 6.73 Å². The number of urea groups is 1. The minimum absolute atomic E-state index is 0.0315. The van der Waals surface area contributed by atoms with Gasteiger partial charge >= 0.3 is 6.03 Å². The number of carbonyl (C=O) groups is 1. The molecule has 2 aromatic rings. The van der Waals surface area contributed by atoms with Crippen LogP contribution in [0.3, 0.4) is 0 Å². The summed E-state index contributed by atoms with van der Waals surface area (Å²) in [6.45, 7) is 14.8. The molecule has 0 atom stereocenters. The number of hydrogen-bond acceptors (Lipinski definition) is 3. The molecule has 2 rings (SSSR count). The fourth-order valence-electron chi connectivity index (χ4n) is 3.05. The molecule has 5 nitrogen and oxygen atoms in total. The predicted molar refractivity (Wildman–Crippen MR) is 118 cm³/mol. The highest BCUT2D eigenvalue weighted by atomic mass is 16.5. The van der Waals surface area contributed by atoms with Gasteiger partial charge in [-0.3, -0.25) is 0 Å². The lowest BCUT2D eigenvalue weighted by Crippen LogP contribution is -2.32. The van der Waals surface area contributed by atoms with Gasteiger partial charge in [-0.1, -0.05) is 38.5 Å². The van der Waals surface area contributed by atoms with Crippen molar-refractivity contribution in [3.8, 4) is 5.75 Å². The lowest BCUT2D eigenvalue weighted by Gasteiger charge is -2.23. The summed E-state index contributed by atoms with van der Waals surface area (Å²) in [4.78, 5) is 14.4. The van der Waals surface area contributed by atoms with Crippen LogP contribution in [-0.2, 0) is 5.41 Å². The van der Waals surface area contributed by atoms with Gasteiger partial charge in [-0.05, 0) is 62.1 Å². The van der Waals surface area contributed by atoms with E-state index in [9.17, 15) is 4.79 Å². The van der Waals surface area contributed by atoms with Gasteiger partial charge in [-0.15, -0.1) is 0 Å². The number of ether oxygens (including phenoxy) is 1. The lowest BCUT2D eigenvalue weighted by atomic mass is 9.85. The Morgan fingerprint density at radius 1 is 1.04 bits per heavy atom. The van der Waals surface area contributed by atoms with Gasteiger partial charge in [0.25, 0.3) is 0 Å². The van der Waals surface area contributed by atoms with E-state index in [1.165, 1.54) is 5.56 Å². The summed E-state index contributed by atoms with van der Waals surface area (Å²) in [6.07, 6.45) is 0. The van der Waals surface area contributed by atoms with E-state index in [0.717, 1.165) is 35.8 Å². The molecule has 0 saturated heterocycles. The topological polar surface area (TPSA) is 53.6 Å². The molecular formula is C23H33N3O2. The Hall–Kier alpha value is -2.69. The molecule has 152 valence electrons. The smallest absolute Gasteiger partial charge is 0.321 e. The van der Waals surface area contributed by atoms with Gasteiger partial charge in [0, 0.05) is 24.5 Å². The van der Waals surface area contributed by atoms with Crippen molar-refractivity contribution in [2.45, 2.75) is 47.0 Å². The highest BCUT2D eigenvalue weighted by Gasteiger charge is 2.19. The molecule has 0 radical (unpaired) electrons. The molecular weight excluding hydrogens is 350 g/mol. The second-order valence-electron chi connectivity index (χ2n) is 7.89. The van der Waals surface area contributed by atoms with E-state index in [2.05, 4.69) is 63.1 Å². The molecule has 0 aliphatic carbocycles. The predicted octanol–water partition coefficient (Wildman–Crippen LogP) is 5.30. The average Bonchev–Trinajstić information content (AvgIpc) is 2.64. The van der Waals surface area contributed by atoms with Crippen molar-refractivity contribution in [2.75, 3.05) is 30.0 Å². The summed E-state index contributed by atoms with van der Waals surface area (Å²) in [6, 6.07) is 13.7. The number of nitrogens with one attached hydrogen (secondary N) is 2. The van der Waals surface area contributed by atoms with Crippen LogP contribution in [0, 0.1) is 6.92 Å². The maximum Gasteiger partial charge on any atom is 0.321 e. The van der Waals surface area contributed by atoms with Crippen LogP contribution in [0.2, 0.25) is 0 Å². The number of hydrogen-bond donors (Lipinski definition) is 2. The first-order valence-electron chi connectivity index (χ1n) is 9.88. The summed E-state index contributed by atoms with van der Waals surface area (Å²) in [5.41, 5.74) is 4.18. The number of nitrogens with zero attached hydrogens (tertiary/aromatic N) is 1. The van der Waals surface area contributed by atoms with Crippen LogP contribution in [0.5, 0.6) is 5.75 Å². The number of benzene rings is 2. The molecule has 5 heteroatoms. The van der Waals surface area contributed by atoms with Gasteiger partial charge in [0.1, 0.15) is 5.75 Å². The Bertz CT molecular complexity index is 775. The minimum atomic E-state index is -0.292. The van der Waals surface area contributed by atoms with Crippen LogP contribution in [0.25, 0.3) is 0 Å². The molecule has 0 bridgehead atoms. The molecule has 0 unspecified atom stereocenters. The maximum atomic E-state index is 12.2. The first-order valence-corrected chi connectivity index (χ1v) is 9.88. The monoisotopic (exact) mass is 383 g/mol. The molecule has 28 heavy (non-hydrogen) atoms. The van der Waals surface area contributed by atoms with Crippen molar-refractivity contribution in [1.29, 1.82) is 0 Å². The van der Waals surface area contributed by atoms with Crippen LogP contribution in [0.1, 0.15) is 45.7 Å². The molecule has 0 aromatic heterocycles. The number of carbonyl (C=O) groups excluding carboxylic acids is 1. The molecule has 0 aliphatic rings. The lowest BCUT2D eigenvalue weighted by molar-refractivity contribution is 0.233. The third-order valence-electron chi connectivity index (χ3n) is 4.66.